The maximum atomic E-state index is 10.3. The van der Waals surface area contributed by atoms with Crippen molar-refractivity contribution in [3.8, 4) is 0 Å². The molecule has 1 aliphatic rings. The monoisotopic (exact) mass is 139 g/mol. The normalized spacial score (nSPS) is 24.1. The predicted octanol–water partition coefficient (Wildman–Crippen LogP) is 0.285. The Hall–Kier alpha value is -1.09. The van der Waals surface area contributed by atoms with Crippen molar-refractivity contribution in [3.63, 3.8) is 0 Å². The Morgan fingerprint density at radius 2 is 2.50 bits per heavy atom. The highest BCUT2D eigenvalue weighted by Crippen LogP contribution is 2.08. The molecule has 0 aromatic carbocycles. The fourth-order valence-electron chi connectivity index (χ4n) is 0.796. The summed E-state index contributed by atoms with van der Waals surface area (Å²) in [5, 5.41) is 8.46. The van der Waals surface area contributed by atoms with Crippen LogP contribution in [0.3, 0.4) is 0 Å². The Kier molecular flexibility index (Phi) is 1.87. The third-order valence-corrected chi connectivity index (χ3v) is 1.38. The molecule has 0 radical (unpaired) electrons. The smallest absolute Gasteiger partial charge is 0.335 e. The van der Waals surface area contributed by atoms with Gasteiger partial charge in [0.1, 0.15) is 0 Å². The molecule has 0 saturated carbocycles. The van der Waals surface area contributed by atoms with Crippen molar-refractivity contribution in [1.29, 1.82) is 0 Å². The van der Waals surface area contributed by atoms with E-state index >= 15 is 0 Å². The molecule has 3 N–H and O–H groups in total. The van der Waals surface area contributed by atoms with Crippen molar-refractivity contribution in [1.82, 2.24) is 0 Å². The van der Waals surface area contributed by atoms with Gasteiger partial charge in [-0.1, -0.05) is 18.2 Å². The second-order valence-electron chi connectivity index (χ2n) is 2.22. The van der Waals surface area contributed by atoms with Crippen molar-refractivity contribution in [2.75, 3.05) is 0 Å². The largest absolute Gasteiger partial charge is 0.478 e. The summed E-state index contributed by atoms with van der Waals surface area (Å²) < 4.78 is 0. The summed E-state index contributed by atoms with van der Waals surface area (Å²) >= 11 is 0. The average molecular weight is 139 g/mol. The average Bonchev–Trinajstić information content (AvgIpc) is 1.88. The highest BCUT2D eigenvalue weighted by atomic mass is 16.4. The molecule has 3 heteroatoms. The summed E-state index contributed by atoms with van der Waals surface area (Å²) in [5.41, 5.74) is 5.81. The van der Waals surface area contributed by atoms with Gasteiger partial charge < -0.3 is 10.8 Å². The van der Waals surface area contributed by atoms with Gasteiger partial charge >= 0.3 is 5.97 Å². The molecule has 10 heavy (non-hydrogen) atoms. The second-order valence-corrected chi connectivity index (χ2v) is 2.22. The van der Waals surface area contributed by atoms with E-state index in [9.17, 15) is 4.79 Å². The van der Waals surface area contributed by atoms with Crippen molar-refractivity contribution in [2.24, 2.45) is 5.73 Å². The maximum Gasteiger partial charge on any atom is 0.335 e. The number of aliphatic carboxylic acids is 1. The molecule has 0 aromatic rings. The molecule has 54 valence electrons. The first-order valence-electron chi connectivity index (χ1n) is 3.07. The van der Waals surface area contributed by atoms with E-state index in [0.717, 1.165) is 0 Å². The van der Waals surface area contributed by atoms with E-state index in [4.69, 9.17) is 10.8 Å². The van der Waals surface area contributed by atoms with Gasteiger partial charge in [-0.05, 0) is 6.42 Å². The van der Waals surface area contributed by atoms with E-state index in [1.807, 2.05) is 0 Å². The van der Waals surface area contributed by atoms with E-state index in [2.05, 4.69) is 0 Å². The van der Waals surface area contributed by atoms with Crippen LogP contribution in [0.5, 0.6) is 0 Å². The highest BCUT2D eigenvalue weighted by Gasteiger charge is 2.08. The summed E-state index contributed by atoms with van der Waals surface area (Å²) in [5.74, 6) is -0.886. The van der Waals surface area contributed by atoms with Crippen LogP contribution in [-0.2, 0) is 4.79 Å². The topological polar surface area (TPSA) is 63.3 Å². The zero-order chi connectivity index (χ0) is 7.56. The first-order chi connectivity index (χ1) is 4.70. The van der Waals surface area contributed by atoms with Crippen LogP contribution < -0.4 is 5.73 Å². The van der Waals surface area contributed by atoms with E-state index in [-0.39, 0.29) is 6.04 Å². The molecule has 0 fully saturated rings. The van der Waals surface area contributed by atoms with E-state index < -0.39 is 5.97 Å². The number of carboxylic acid groups (broad SMARTS) is 1. The summed E-state index contributed by atoms with van der Waals surface area (Å²) in [6.45, 7) is 0. The molecule has 1 atom stereocenters. The number of rotatable bonds is 1. The lowest BCUT2D eigenvalue weighted by molar-refractivity contribution is -0.132. The van der Waals surface area contributed by atoms with Gasteiger partial charge in [-0.3, -0.25) is 0 Å². The molecular formula is C7H9NO2. The van der Waals surface area contributed by atoms with Crippen LogP contribution >= 0.6 is 0 Å². The summed E-state index contributed by atoms with van der Waals surface area (Å²) in [6.07, 6.45) is 5.49. The van der Waals surface area contributed by atoms with Gasteiger partial charge in [-0.25, -0.2) is 4.79 Å². The molecule has 0 spiro atoms. The Morgan fingerprint density at radius 1 is 1.80 bits per heavy atom. The number of carboxylic acids is 1. The van der Waals surface area contributed by atoms with Crippen LogP contribution in [0.25, 0.3) is 0 Å². The molecule has 0 amide bonds. The fraction of sp³-hybridized carbons (Fsp3) is 0.286. The lowest BCUT2D eigenvalue weighted by atomic mass is 10.0. The maximum absolute atomic E-state index is 10.3. The molecule has 0 bridgehead atoms. The van der Waals surface area contributed by atoms with Crippen molar-refractivity contribution in [3.05, 3.63) is 23.8 Å². The molecule has 0 aromatic heterocycles. The number of hydrogen-bond acceptors (Lipinski definition) is 2. The molecule has 1 rings (SSSR count). The quantitative estimate of drug-likeness (QED) is 0.548. The number of carbonyl (C=O) groups is 1. The highest BCUT2D eigenvalue weighted by molar-refractivity contribution is 5.90. The van der Waals surface area contributed by atoms with Crippen LogP contribution in [0.2, 0.25) is 0 Å². The van der Waals surface area contributed by atoms with E-state index in [0.29, 0.717) is 12.0 Å². The molecule has 0 aliphatic heterocycles. The number of nitrogens with two attached hydrogens (primary N) is 1. The van der Waals surface area contributed by atoms with Gasteiger partial charge in [0, 0.05) is 6.04 Å². The standard InChI is InChI=1S/C7H9NO2/c8-6-3-1-5(2-4-6)7(9)10/h1-3,6H,4,8H2,(H,9,10)/t6-/m1/s1. The Bertz CT molecular complexity index is 206. The summed E-state index contributed by atoms with van der Waals surface area (Å²) in [4.78, 5) is 10.3. The van der Waals surface area contributed by atoms with Gasteiger partial charge in [-0.2, -0.15) is 0 Å². The second kappa shape index (κ2) is 2.66. The minimum Gasteiger partial charge on any atom is -0.478 e. The first kappa shape index (κ1) is 7.02. The minimum absolute atomic E-state index is 0.0110. The minimum atomic E-state index is -0.886. The molecule has 0 heterocycles. The SMILES string of the molecule is N[C@@H]1C=CC(C(=O)O)=CC1. The Morgan fingerprint density at radius 3 is 2.90 bits per heavy atom. The van der Waals surface area contributed by atoms with Gasteiger partial charge in [0.25, 0.3) is 0 Å². The van der Waals surface area contributed by atoms with Crippen LogP contribution in [-0.4, -0.2) is 17.1 Å². The molecule has 0 saturated heterocycles. The van der Waals surface area contributed by atoms with E-state index in [1.54, 1.807) is 12.2 Å². The first-order valence-corrected chi connectivity index (χ1v) is 3.07. The van der Waals surface area contributed by atoms with Crippen LogP contribution in [0.1, 0.15) is 6.42 Å². The third kappa shape index (κ3) is 1.45. The van der Waals surface area contributed by atoms with Gasteiger partial charge in [0.15, 0.2) is 0 Å². The van der Waals surface area contributed by atoms with Gasteiger partial charge in [0.2, 0.25) is 0 Å². The van der Waals surface area contributed by atoms with Crippen molar-refractivity contribution >= 4 is 5.97 Å². The predicted molar refractivity (Wildman–Crippen MR) is 37.5 cm³/mol. The summed E-state index contributed by atoms with van der Waals surface area (Å²) in [7, 11) is 0. The zero-order valence-electron chi connectivity index (χ0n) is 5.45. The van der Waals surface area contributed by atoms with Crippen LogP contribution in [0.15, 0.2) is 23.8 Å². The van der Waals surface area contributed by atoms with Gasteiger partial charge in [-0.15, -0.1) is 0 Å². The van der Waals surface area contributed by atoms with Crippen molar-refractivity contribution < 1.29 is 9.90 Å². The Balaban J connectivity index is 2.67. The molecule has 0 unspecified atom stereocenters. The lowest BCUT2D eigenvalue weighted by Crippen LogP contribution is -2.18. The lowest BCUT2D eigenvalue weighted by Gasteiger charge is -2.07. The fourth-order valence-corrected chi connectivity index (χ4v) is 0.796. The van der Waals surface area contributed by atoms with E-state index in [1.165, 1.54) is 6.08 Å². The molecule has 3 nitrogen and oxygen atoms in total. The van der Waals surface area contributed by atoms with Crippen molar-refractivity contribution in [2.45, 2.75) is 12.5 Å². The Labute approximate surface area is 58.8 Å². The summed E-state index contributed by atoms with van der Waals surface area (Å²) in [6, 6.07) is -0.0110. The van der Waals surface area contributed by atoms with Crippen LogP contribution in [0.4, 0.5) is 0 Å². The van der Waals surface area contributed by atoms with Gasteiger partial charge in [0.05, 0.1) is 5.57 Å². The third-order valence-electron chi connectivity index (χ3n) is 1.38. The van der Waals surface area contributed by atoms with Crippen LogP contribution in [0, 0.1) is 0 Å². The molecule has 1 aliphatic carbocycles. The number of hydrogen-bond donors (Lipinski definition) is 2. The molecular weight excluding hydrogens is 130 g/mol. The zero-order valence-corrected chi connectivity index (χ0v) is 5.45.